The van der Waals surface area contributed by atoms with Crippen LogP contribution in [0.5, 0.6) is 0 Å². The zero-order valence-corrected chi connectivity index (χ0v) is 16.3. The number of rotatable bonds is 4. The van der Waals surface area contributed by atoms with E-state index in [1.54, 1.807) is 6.33 Å². The van der Waals surface area contributed by atoms with Crippen LogP contribution in [-0.2, 0) is 0 Å². The Kier molecular flexibility index (Phi) is 4.84. The average Bonchev–Trinajstić information content (AvgIpc) is 2.85. The Balaban J connectivity index is 1.52. The molecule has 3 nitrogen and oxygen atoms in total. The van der Waals surface area contributed by atoms with Gasteiger partial charge in [0.25, 0.3) is 0 Å². The van der Waals surface area contributed by atoms with Gasteiger partial charge in [0, 0.05) is 11.1 Å². The molecule has 1 aromatic heterocycles. The van der Waals surface area contributed by atoms with Gasteiger partial charge >= 0.3 is 0 Å². The van der Waals surface area contributed by atoms with Gasteiger partial charge in [-0.1, -0.05) is 97.1 Å². The first-order valence-electron chi connectivity index (χ1n) is 9.87. The number of hydrogen-bond acceptors (Lipinski definition) is 3. The highest BCUT2D eigenvalue weighted by Gasteiger charge is 2.08. The van der Waals surface area contributed by atoms with Crippen molar-refractivity contribution in [1.29, 1.82) is 0 Å². The zero-order valence-electron chi connectivity index (χ0n) is 16.3. The molecule has 0 amide bonds. The molecule has 0 aliphatic carbocycles. The summed E-state index contributed by atoms with van der Waals surface area (Å²) in [7, 11) is 0. The van der Waals surface area contributed by atoms with E-state index in [-0.39, 0.29) is 0 Å². The molecule has 0 aliphatic heterocycles. The second-order valence-electron chi connectivity index (χ2n) is 7.03. The molecular weight excluding hydrogens is 366 g/mol. The van der Waals surface area contributed by atoms with E-state index in [1.807, 2.05) is 48.5 Å². The third-order valence-electron chi connectivity index (χ3n) is 5.03. The van der Waals surface area contributed by atoms with Crippen LogP contribution in [0.15, 0.2) is 116 Å². The smallest absolute Gasteiger partial charge is 0.163 e. The molecule has 142 valence electrons. The highest BCUT2D eigenvalue weighted by molar-refractivity contribution is 5.75. The maximum absolute atomic E-state index is 4.69. The number of nitrogens with zero attached hydrogens (tertiary/aromatic N) is 3. The lowest BCUT2D eigenvalue weighted by Gasteiger charge is -2.08. The standard InChI is InChI=1S/C27H19N3/c1-3-9-20(10-4-1)22-13-7-14-23(17-22)24-15-8-16-25(18-24)27-29-19-28-26(30-27)21-11-5-2-6-12-21/h1-19H. The summed E-state index contributed by atoms with van der Waals surface area (Å²) >= 11 is 0. The van der Waals surface area contributed by atoms with Gasteiger partial charge < -0.3 is 0 Å². The van der Waals surface area contributed by atoms with E-state index >= 15 is 0 Å². The van der Waals surface area contributed by atoms with Crippen LogP contribution >= 0.6 is 0 Å². The summed E-state index contributed by atoms with van der Waals surface area (Å²) in [6, 6.07) is 37.3. The second-order valence-corrected chi connectivity index (χ2v) is 7.03. The van der Waals surface area contributed by atoms with Crippen molar-refractivity contribution in [2.45, 2.75) is 0 Å². The molecule has 0 bridgehead atoms. The molecule has 0 aliphatic rings. The van der Waals surface area contributed by atoms with E-state index in [2.05, 4.69) is 70.6 Å². The summed E-state index contributed by atoms with van der Waals surface area (Å²) in [5, 5.41) is 0. The molecule has 4 aromatic carbocycles. The van der Waals surface area contributed by atoms with E-state index < -0.39 is 0 Å². The summed E-state index contributed by atoms with van der Waals surface area (Å²) in [5.74, 6) is 1.35. The molecule has 0 unspecified atom stereocenters. The molecule has 0 N–H and O–H groups in total. The van der Waals surface area contributed by atoms with Crippen molar-refractivity contribution in [3.8, 4) is 45.0 Å². The predicted molar refractivity (Wildman–Crippen MR) is 122 cm³/mol. The fourth-order valence-corrected chi connectivity index (χ4v) is 3.51. The monoisotopic (exact) mass is 385 g/mol. The molecule has 3 heteroatoms. The van der Waals surface area contributed by atoms with Crippen molar-refractivity contribution >= 4 is 0 Å². The first kappa shape index (κ1) is 18.0. The van der Waals surface area contributed by atoms with Gasteiger partial charge in [-0.2, -0.15) is 0 Å². The van der Waals surface area contributed by atoms with Crippen LogP contribution < -0.4 is 0 Å². The molecule has 0 atom stereocenters. The Hall–Kier alpha value is -4.11. The molecule has 0 saturated carbocycles. The molecule has 1 heterocycles. The largest absolute Gasteiger partial charge is 0.217 e. The lowest BCUT2D eigenvalue weighted by Crippen LogP contribution is -1.95. The lowest BCUT2D eigenvalue weighted by atomic mass is 9.98. The quantitative estimate of drug-likeness (QED) is 0.352. The predicted octanol–water partition coefficient (Wildman–Crippen LogP) is 6.54. The lowest BCUT2D eigenvalue weighted by molar-refractivity contribution is 1.07. The second kappa shape index (κ2) is 8.10. The first-order chi connectivity index (χ1) is 14.9. The van der Waals surface area contributed by atoms with Gasteiger partial charge in [-0.15, -0.1) is 0 Å². The maximum Gasteiger partial charge on any atom is 0.163 e. The molecule has 0 saturated heterocycles. The van der Waals surface area contributed by atoms with Crippen LogP contribution in [0.1, 0.15) is 0 Å². The summed E-state index contributed by atoms with van der Waals surface area (Å²) in [4.78, 5) is 13.4. The number of hydrogen-bond donors (Lipinski definition) is 0. The summed E-state index contributed by atoms with van der Waals surface area (Å²) in [5.41, 5.74) is 6.65. The Morgan fingerprint density at radius 2 is 0.800 bits per heavy atom. The molecule has 5 aromatic rings. The van der Waals surface area contributed by atoms with Crippen LogP contribution in [0.25, 0.3) is 45.0 Å². The fourth-order valence-electron chi connectivity index (χ4n) is 3.51. The van der Waals surface area contributed by atoms with Crippen LogP contribution in [-0.4, -0.2) is 15.0 Å². The molecule has 5 rings (SSSR count). The van der Waals surface area contributed by atoms with Crippen molar-refractivity contribution in [3.05, 3.63) is 116 Å². The Morgan fingerprint density at radius 3 is 1.43 bits per heavy atom. The Labute approximate surface area is 175 Å². The Bertz CT molecular complexity index is 1180. The SMILES string of the molecule is c1ccc(-c2cccc(-c3cccc(-c4ncnc(-c5ccccc5)n4)c3)c2)cc1. The highest BCUT2D eigenvalue weighted by atomic mass is 15.0. The van der Waals surface area contributed by atoms with Gasteiger partial charge in [-0.25, -0.2) is 15.0 Å². The zero-order chi connectivity index (χ0) is 20.2. The van der Waals surface area contributed by atoms with E-state index in [0.717, 1.165) is 22.3 Å². The maximum atomic E-state index is 4.69. The van der Waals surface area contributed by atoms with Gasteiger partial charge in [0.05, 0.1) is 0 Å². The van der Waals surface area contributed by atoms with E-state index in [4.69, 9.17) is 4.98 Å². The minimum Gasteiger partial charge on any atom is -0.217 e. The topological polar surface area (TPSA) is 38.7 Å². The van der Waals surface area contributed by atoms with Crippen molar-refractivity contribution < 1.29 is 0 Å². The van der Waals surface area contributed by atoms with Gasteiger partial charge in [-0.05, 0) is 34.4 Å². The normalized spacial score (nSPS) is 10.7. The van der Waals surface area contributed by atoms with Crippen molar-refractivity contribution in [3.63, 3.8) is 0 Å². The molecule has 30 heavy (non-hydrogen) atoms. The highest BCUT2D eigenvalue weighted by Crippen LogP contribution is 2.29. The van der Waals surface area contributed by atoms with Crippen LogP contribution in [0, 0.1) is 0 Å². The summed E-state index contributed by atoms with van der Waals surface area (Å²) < 4.78 is 0. The van der Waals surface area contributed by atoms with Crippen LogP contribution in [0.3, 0.4) is 0 Å². The number of benzene rings is 4. The number of aromatic nitrogens is 3. The van der Waals surface area contributed by atoms with E-state index in [0.29, 0.717) is 11.6 Å². The third-order valence-corrected chi connectivity index (χ3v) is 5.03. The van der Waals surface area contributed by atoms with Crippen molar-refractivity contribution in [2.75, 3.05) is 0 Å². The van der Waals surface area contributed by atoms with Crippen molar-refractivity contribution in [2.24, 2.45) is 0 Å². The first-order valence-corrected chi connectivity index (χ1v) is 9.87. The average molecular weight is 385 g/mol. The minimum absolute atomic E-state index is 0.671. The summed E-state index contributed by atoms with van der Waals surface area (Å²) in [6.07, 6.45) is 1.58. The summed E-state index contributed by atoms with van der Waals surface area (Å²) in [6.45, 7) is 0. The van der Waals surface area contributed by atoms with Gasteiger partial charge in [0.1, 0.15) is 6.33 Å². The molecule has 0 fully saturated rings. The van der Waals surface area contributed by atoms with Crippen LogP contribution in [0.2, 0.25) is 0 Å². The molecule has 0 spiro atoms. The fraction of sp³-hybridized carbons (Fsp3) is 0. The van der Waals surface area contributed by atoms with Gasteiger partial charge in [-0.3, -0.25) is 0 Å². The third kappa shape index (κ3) is 3.74. The molecule has 0 radical (unpaired) electrons. The van der Waals surface area contributed by atoms with Gasteiger partial charge in [0.15, 0.2) is 11.6 Å². The van der Waals surface area contributed by atoms with Gasteiger partial charge in [0.2, 0.25) is 0 Å². The minimum atomic E-state index is 0.671. The Morgan fingerprint density at radius 1 is 0.367 bits per heavy atom. The van der Waals surface area contributed by atoms with Crippen molar-refractivity contribution in [1.82, 2.24) is 15.0 Å². The van der Waals surface area contributed by atoms with E-state index in [9.17, 15) is 0 Å². The van der Waals surface area contributed by atoms with E-state index in [1.165, 1.54) is 11.1 Å². The van der Waals surface area contributed by atoms with Crippen LogP contribution in [0.4, 0.5) is 0 Å². The molecular formula is C27H19N3.